The summed E-state index contributed by atoms with van der Waals surface area (Å²) in [5.74, 6) is 1.31. The first-order valence-corrected chi connectivity index (χ1v) is 11.1. The summed E-state index contributed by atoms with van der Waals surface area (Å²) in [4.78, 5) is 23.9. The highest BCUT2D eigenvalue weighted by Crippen LogP contribution is 2.43. The lowest BCUT2D eigenvalue weighted by molar-refractivity contribution is -0.135. The average molecular weight is 521 g/mol. The summed E-state index contributed by atoms with van der Waals surface area (Å²) in [6.45, 7) is 9.42. The van der Waals surface area contributed by atoms with Gasteiger partial charge in [-0.05, 0) is 44.4 Å². The minimum Gasteiger partial charge on any atom is -0.385 e. The largest absolute Gasteiger partial charge is 0.385 e. The van der Waals surface area contributed by atoms with E-state index in [0.29, 0.717) is 11.3 Å². The van der Waals surface area contributed by atoms with E-state index in [-0.39, 0.29) is 30.0 Å². The molecule has 2 heterocycles. The summed E-state index contributed by atoms with van der Waals surface area (Å²) in [6.07, 6.45) is 7.32. The van der Waals surface area contributed by atoms with Crippen molar-refractivity contribution in [3.8, 4) is 0 Å². The molecule has 2 saturated heterocycles. The third kappa shape index (κ3) is 6.19. The third-order valence-corrected chi connectivity index (χ3v) is 7.02. The van der Waals surface area contributed by atoms with E-state index in [1.165, 1.54) is 19.3 Å². The molecule has 0 spiro atoms. The molecule has 1 atom stereocenters. The molecule has 7 nitrogen and oxygen atoms in total. The Morgan fingerprint density at radius 1 is 1.07 bits per heavy atom. The fraction of sp³-hybridized carbons (Fsp3) is 0.905. The molecular weight excluding hydrogens is 481 g/mol. The first kappa shape index (κ1) is 24.7. The molecule has 3 aliphatic rings. The van der Waals surface area contributed by atoms with Gasteiger partial charge >= 0.3 is 0 Å². The molecule has 1 aliphatic carbocycles. The first-order chi connectivity index (χ1) is 13.6. The smallest absolute Gasteiger partial charge is 0.239 e. The van der Waals surface area contributed by atoms with Gasteiger partial charge in [-0.15, -0.1) is 24.0 Å². The van der Waals surface area contributed by atoms with Gasteiger partial charge in [0.2, 0.25) is 5.91 Å². The van der Waals surface area contributed by atoms with E-state index < -0.39 is 0 Å². The number of methoxy groups -OCH3 is 1. The van der Waals surface area contributed by atoms with Crippen molar-refractivity contribution >= 4 is 35.8 Å². The Bertz CT molecular complexity index is 541. The average Bonchev–Trinajstić information content (AvgIpc) is 3.23. The third-order valence-electron chi connectivity index (χ3n) is 7.02. The van der Waals surface area contributed by atoms with Crippen molar-refractivity contribution in [1.29, 1.82) is 0 Å². The van der Waals surface area contributed by atoms with Crippen LogP contribution in [-0.4, -0.2) is 99.2 Å². The maximum Gasteiger partial charge on any atom is 0.239 e. The molecule has 2 aliphatic heterocycles. The zero-order chi connectivity index (χ0) is 20.0. The van der Waals surface area contributed by atoms with Crippen molar-refractivity contribution in [2.24, 2.45) is 10.4 Å². The lowest BCUT2D eigenvalue weighted by atomic mass is 9.67. The second-order valence-corrected chi connectivity index (χ2v) is 8.73. The Labute approximate surface area is 193 Å². The molecule has 0 aromatic rings. The Kier molecular flexibility index (Phi) is 9.94. The highest BCUT2D eigenvalue weighted by Gasteiger charge is 2.37. The number of nitrogens with one attached hydrogen (secondary N) is 1. The standard InChI is InChI=1S/C21H39N5O2.HI/c1-18(19(27)25-10-4-5-11-25)24-12-14-26(15-13-24)20(22-2)23-17-21(7-6-8-21)9-16-28-3;/h18H,4-17H2,1-3H3,(H,22,23);1H. The fourth-order valence-electron chi connectivity index (χ4n) is 4.79. The van der Waals surface area contributed by atoms with Gasteiger partial charge in [-0.2, -0.15) is 0 Å². The maximum atomic E-state index is 12.7. The zero-order valence-electron chi connectivity index (χ0n) is 18.5. The highest BCUT2D eigenvalue weighted by molar-refractivity contribution is 14.0. The van der Waals surface area contributed by atoms with E-state index in [1.807, 2.05) is 11.9 Å². The number of aliphatic imine (C=N–C) groups is 1. The normalized spacial score (nSPS) is 23.3. The summed E-state index contributed by atoms with van der Waals surface area (Å²) in [6, 6.07) is -0.0116. The Morgan fingerprint density at radius 3 is 2.24 bits per heavy atom. The van der Waals surface area contributed by atoms with E-state index in [1.54, 1.807) is 7.11 Å². The van der Waals surface area contributed by atoms with E-state index in [9.17, 15) is 4.79 Å². The molecule has 3 fully saturated rings. The quantitative estimate of drug-likeness (QED) is 0.316. The van der Waals surface area contributed by atoms with Crippen molar-refractivity contribution in [3.05, 3.63) is 0 Å². The molecule has 168 valence electrons. The molecule has 1 saturated carbocycles. The van der Waals surface area contributed by atoms with Gasteiger partial charge in [0.15, 0.2) is 5.96 Å². The number of hydrogen-bond donors (Lipinski definition) is 1. The number of halogens is 1. The lowest BCUT2D eigenvalue weighted by Crippen LogP contribution is -2.58. The second-order valence-electron chi connectivity index (χ2n) is 8.73. The van der Waals surface area contributed by atoms with Gasteiger partial charge in [-0.25, -0.2) is 0 Å². The number of likely N-dealkylation sites (tertiary alicyclic amines) is 1. The van der Waals surface area contributed by atoms with Crippen LogP contribution in [0.3, 0.4) is 0 Å². The molecule has 0 aromatic carbocycles. The number of nitrogens with zero attached hydrogens (tertiary/aromatic N) is 4. The molecule has 8 heteroatoms. The van der Waals surface area contributed by atoms with Crippen molar-refractivity contribution in [2.45, 2.75) is 51.5 Å². The fourth-order valence-corrected chi connectivity index (χ4v) is 4.79. The number of rotatable bonds is 7. The van der Waals surface area contributed by atoms with Gasteiger partial charge in [0.1, 0.15) is 0 Å². The van der Waals surface area contributed by atoms with E-state index in [0.717, 1.165) is 77.6 Å². The summed E-state index contributed by atoms with van der Waals surface area (Å²) < 4.78 is 5.31. The van der Waals surface area contributed by atoms with Gasteiger partial charge < -0.3 is 19.9 Å². The van der Waals surface area contributed by atoms with Crippen LogP contribution in [-0.2, 0) is 9.53 Å². The molecule has 1 unspecified atom stereocenters. The minimum atomic E-state index is -0.0116. The Morgan fingerprint density at radius 2 is 1.72 bits per heavy atom. The molecule has 1 N–H and O–H groups in total. The van der Waals surface area contributed by atoms with Crippen LogP contribution in [0.25, 0.3) is 0 Å². The number of amides is 1. The summed E-state index contributed by atoms with van der Waals surface area (Å²) in [5.41, 5.74) is 0.379. The number of carbonyl (C=O) groups excluding carboxylic acids is 1. The van der Waals surface area contributed by atoms with Crippen LogP contribution in [0.1, 0.15) is 45.4 Å². The van der Waals surface area contributed by atoms with Crippen LogP contribution in [0.5, 0.6) is 0 Å². The molecule has 0 aromatic heterocycles. The molecule has 29 heavy (non-hydrogen) atoms. The Balaban J connectivity index is 0.00000300. The summed E-state index contributed by atoms with van der Waals surface area (Å²) in [7, 11) is 3.66. The molecule has 0 radical (unpaired) electrons. The number of piperazine rings is 1. The van der Waals surface area contributed by atoms with Gasteiger partial charge in [0.25, 0.3) is 0 Å². The number of guanidine groups is 1. The van der Waals surface area contributed by atoms with E-state index in [4.69, 9.17) is 4.74 Å². The number of carbonyl (C=O) groups is 1. The zero-order valence-corrected chi connectivity index (χ0v) is 20.8. The summed E-state index contributed by atoms with van der Waals surface area (Å²) >= 11 is 0. The van der Waals surface area contributed by atoms with Gasteiger partial charge in [0.05, 0.1) is 6.04 Å². The van der Waals surface area contributed by atoms with Crippen LogP contribution < -0.4 is 5.32 Å². The van der Waals surface area contributed by atoms with Crippen LogP contribution in [0.15, 0.2) is 4.99 Å². The number of ether oxygens (including phenoxy) is 1. The summed E-state index contributed by atoms with van der Waals surface area (Å²) in [5, 5.41) is 3.63. The SMILES string of the molecule is CN=C(NCC1(CCOC)CCC1)N1CCN(C(C)C(=O)N2CCCC2)CC1.I. The van der Waals surface area contributed by atoms with Crippen LogP contribution >= 0.6 is 24.0 Å². The van der Waals surface area contributed by atoms with Crippen LogP contribution in [0.2, 0.25) is 0 Å². The maximum absolute atomic E-state index is 12.7. The monoisotopic (exact) mass is 521 g/mol. The van der Waals surface area contributed by atoms with Crippen molar-refractivity contribution < 1.29 is 9.53 Å². The molecule has 1 amide bonds. The van der Waals surface area contributed by atoms with Gasteiger partial charge in [-0.1, -0.05) is 6.42 Å². The highest BCUT2D eigenvalue weighted by atomic mass is 127. The van der Waals surface area contributed by atoms with E-state index >= 15 is 0 Å². The minimum absolute atomic E-state index is 0. The van der Waals surface area contributed by atoms with Crippen LogP contribution in [0, 0.1) is 5.41 Å². The van der Waals surface area contributed by atoms with Gasteiger partial charge in [-0.3, -0.25) is 14.7 Å². The number of hydrogen-bond acceptors (Lipinski definition) is 4. The van der Waals surface area contributed by atoms with Gasteiger partial charge in [0, 0.05) is 66.6 Å². The Hall–Kier alpha value is -0.610. The topological polar surface area (TPSA) is 60.4 Å². The lowest BCUT2D eigenvalue weighted by Gasteiger charge is -2.44. The molecule has 0 bridgehead atoms. The second kappa shape index (κ2) is 11.7. The molecule has 3 rings (SSSR count). The first-order valence-electron chi connectivity index (χ1n) is 11.1. The predicted molar refractivity (Wildman–Crippen MR) is 128 cm³/mol. The van der Waals surface area contributed by atoms with Crippen LogP contribution in [0.4, 0.5) is 0 Å². The van der Waals surface area contributed by atoms with E-state index in [2.05, 4.69) is 27.0 Å². The van der Waals surface area contributed by atoms with Crippen molar-refractivity contribution in [2.75, 3.05) is 66.6 Å². The molecular formula is C21H40IN5O2. The predicted octanol–water partition coefficient (Wildman–Crippen LogP) is 2.02. The van der Waals surface area contributed by atoms with Crippen molar-refractivity contribution in [3.63, 3.8) is 0 Å². The van der Waals surface area contributed by atoms with Crippen molar-refractivity contribution in [1.82, 2.24) is 20.0 Å².